The molecule has 1 fully saturated rings. The van der Waals surface area contributed by atoms with E-state index in [1.54, 1.807) is 33.0 Å². The average Bonchev–Trinajstić information content (AvgIpc) is 2.81. The molecule has 6 nitrogen and oxygen atoms in total. The SMILES string of the molecule is CNc1cc(C)c(S(=O)(=O)NCC2CCC(=O)N2)c(C)c1. The summed E-state index contributed by atoms with van der Waals surface area (Å²) in [7, 11) is -1.79. The Morgan fingerprint density at radius 3 is 2.38 bits per heavy atom. The van der Waals surface area contributed by atoms with Gasteiger partial charge in [-0.15, -0.1) is 0 Å². The first kappa shape index (κ1) is 15.8. The van der Waals surface area contributed by atoms with Crippen molar-refractivity contribution in [3.8, 4) is 0 Å². The highest BCUT2D eigenvalue weighted by atomic mass is 32.2. The van der Waals surface area contributed by atoms with E-state index in [4.69, 9.17) is 0 Å². The summed E-state index contributed by atoms with van der Waals surface area (Å²) in [5, 5.41) is 5.76. The fourth-order valence-corrected chi connectivity index (χ4v) is 4.16. The molecule has 0 radical (unpaired) electrons. The number of carbonyl (C=O) groups is 1. The van der Waals surface area contributed by atoms with Crippen molar-refractivity contribution in [2.24, 2.45) is 0 Å². The van der Waals surface area contributed by atoms with Crippen LogP contribution in [0.25, 0.3) is 0 Å². The predicted molar refractivity (Wildman–Crippen MR) is 81.8 cm³/mol. The van der Waals surface area contributed by atoms with Crippen LogP contribution in [0.2, 0.25) is 0 Å². The van der Waals surface area contributed by atoms with Gasteiger partial charge in [0, 0.05) is 31.7 Å². The van der Waals surface area contributed by atoms with Crippen molar-refractivity contribution < 1.29 is 13.2 Å². The molecule has 0 aliphatic carbocycles. The van der Waals surface area contributed by atoms with E-state index < -0.39 is 10.0 Å². The van der Waals surface area contributed by atoms with Gasteiger partial charge < -0.3 is 10.6 Å². The summed E-state index contributed by atoms with van der Waals surface area (Å²) < 4.78 is 27.5. The Labute approximate surface area is 125 Å². The molecule has 1 saturated heterocycles. The number of hydrogen-bond acceptors (Lipinski definition) is 4. The second-order valence-corrected chi connectivity index (χ2v) is 7.05. The lowest BCUT2D eigenvalue weighted by atomic mass is 10.1. The molecule has 1 atom stereocenters. The molecule has 0 spiro atoms. The van der Waals surface area contributed by atoms with E-state index in [-0.39, 0.29) is 18.5 Å². The Balaban J connectivity index is 2.18. The summed E-state index contributed by atoms with van der Waals surface area (Å²) in [4.78, 5) is 11.4. The normalized spacial score (nSPS) is 18.6. The van der Waals surface area contributed by atoms with Crippen molar-refractivity contribution >= 4 is 21.6 Å². The van der Waals surface area contributed by atoms with Crippen LogP contribution in [0.4, 0.5) is 5.69 Å². The van der Waals surface area contributed by atoms with Gasteiger partial charge in [-0.1, -0.05) is 0 Å². The number of rotatable bonds is 5. The van der Waals surface area contributed by atoms with Gasteiger partial charge in [-0.05, 0) is 43.5 Å². The minimum atomic E-state index is -3.58. The molecule has 1 amide bonds. The van der Waals surface area contributed by atoms with Gasteiger partial charge in [0.05, 0.1) is 4.90 Å². The van der Waals surface area contributed by atoms with Gasteiger partial charge in [0.2, 0.25) is 15.9 Å². The van der Waals surface area contributed by atoms with Gasteiger partial charge in [-0.2, -0.15) is 0 Å². The fraction of sp³-hybridized carbons (Fsp3) is 0.500. The molecular formula is C14H21N3O3S. The topological polar surface area (TPSA) is 87.3 Å². The van der Waals surface area contributed by atoms with Crippen LogP contribution < -0.4 is 15.4 Å². The molecule has 7 heteroatoms. The molecule has 116 valence electrons. The van der Waals surface area contributed by atoms with Crippen LogP contribution in [0.1, 0.15) is 24.0 Å². The third-order valence-corrected chi connectivity index (χ3v) is 5.35. The molecular weight excluding hydrogens is 290 g/mol. The van der Waals surface area contributed by atoms with E-state index in [0.29, 0.717) is 28.9 Å². The van der Waals surface area contributed by atoms with Crippen LogP contribution in [0.5, 0.6) is 0 Å². The van der Waals surface area contributed by atoms with Gasteiger partial charge in [0.15, 0.2) is 0 Å². The number of amides is 1. The third kappa shape index (κ3) is 3.54. The maximum absolute atomic E-state index is 12.5. The minimum absolute atomic E-state index is 0.0232. The lowest BCUT2D eigenvalue weighted by Gasteiger charge is -2.16. The van der Waals surface area contributed by atoms with E-state index in [2.05, 4.69) is 15.4 Å². The van der Waals surface area contributed by atoms with Gasteiger partial charge in [-0.3, -0.25) is 4.79 Å². The Morgan fingerprint density at radius 2 is 1.90 bits per heavy atom. The molecule has 1 aromatic rings. The lowest BCUT2D eigenvalue weighted by Crippen LogP contribution is -2.38. The van der Waals surface area contributed by atoms with Gasteiger partial charge in [0.25, 0.3) is 0 Å². The summed E-state index contributed by atoms with van der Waals surface area (Å²) in [6, 6.07) is 3.49. The predicted octanol–water partition coefficient (Wildman–Crippen LogP) is 0.902. The molecule has 21 heavy (non-hydrogen) atoms. The molecule has 0 bridgehead atoms. The Kier molecular flexibility index (Phi) is 4.53. The second kappa shape index (κ2) is 6.03. The average molecular weight is 311 g/mol. The largest absolute Gasteiger partial charge is 0.388 e. The smallest absolute Gasteiger partial charge is 0.241 e. The minimum Gasteiger partial charge on any atom is -0.388 e. The van der Waals surface area contributed by atoms with Crippen LogP contribution in [0.3, 0.4) is 0 Å². The summed E-state index contributed by atoms with van der Waals surface area (Å²) in [6.45, 7) is 3.78. The highest BCUT2D eigenvalue weighted by Crippen LogP contribution is 2.24. The number of nitrogens with one attached hydrogen (secondary N) is 3. The van der Waals surface area contributed by atoms with Crippen molar-refractivity contribution in [3.63, 3.8) is 0 Å². The van der Waals surface area contributed by atoms with Crippen LogP contribution in [-0.4, -0.2) is 34.0 Å². The van der Waals surface area contributed by atoms with Crippen molar-refractivity contribution in [1.29, 1.82) is 0 Å². The zero-order valence-electron chi connectivity index (χ0n) is 12.5. The lowest BCUT2D eigenvalue weighted by molar-refractivity contribution is -0.119. The van der Waals surface area contributed by atoms with E-state index in [9.17, 15) is 13.2 Å². The highest BCUT2D eigenvalue weighted by Gasteiger charge is 2.25. The number of benzene rings is 1. The van der Waals surface area contributed by atoms with Gasteiger partial charge in [0.1, 0.15) is 0 Å². The summed E-state index contributed by atoms with van der Waals surface area (Å²) in [5.74, 6) is -0.0232. The number of anilines is 1. The second-order valence-electron chi connectivity index (χ2n) is 5.34. The van der Waals surface area contributed by atoms with Crippen LogP contribution in [0.15, 0.2) is 17.0 Å². The summed E-state index contributed by atoms with van der Waals surface area (Å²) in [6.07, 6.45) is 1.12. The molecule has 0 aromatic heterocycles. The molecule has 3 N–H and O–H groups in total. The van der Waals surface area contributed by atoms with Crippen LogP contribution in [-0.2, 0) is 14.8 Å². The van der Waals surface area contributed by atoms with E-state index in [1.165, 1.54) is 0 Å². The molecule has 2 rings (SSSR count). The number of sulfonamides is 1. The first-order chi connectivity index (χ1) is 9.83. The zero-order chi connectivity index (χ0) is 15.6. The first-order valence-electron chi connectivity index (χ1n) is 6.91. The van der Waals surface area contributed by atoms with Crippen molar-refractivity contribution in [3.05, 3.63) is 23.3 Å². The summed E-state index contributed by atoms with van der Waals surface area (Å²) in [5.41, 5.74) is 2.27. The standard InChI is InChI=1S/C14H21N3O3S/c1-9-6-12(15-3)7-10(2)14(9)21(19,20)16-8-11-4-5-13(18)17-11/h6-7,11,15-16H,4-5,8H2,1-3H3,(H,17,18). The highest BCUT2D eigenvalue weighted by molar-refractivity contribution is 7.89. The quantitative estimate of drug-likeness (QED) is 0.754. The van der Waals surface area contributed by atoms with Crippen molar-refractivity contribution in [2.75, 3.05) is 18.9 Å². The Bertz CT molecular complexity index is 632. The van der Waals surface area contributed by atoms with Crippen LogP contribution in [0, 0.1) is 13.8 Å². The summed E-state index contributed by atoms with van der Waals surface area (Å²) >= 11 is 0. The van der Waals surface area contributed by atoms with E-state index in [1.807, 2.05) is 0 Å². The fourth-order valence-electron chi connectivity index (χ4n) is 2.63. The third-order valence-electron chi connectivity index (χ3n) is 3.62. The monoisotopic (exact) mass is 311 g/mol. The van der Waals surface area contributed by atoms with Gasteiger partial charge in [-0.25, -0.2) is 13.1 Å². The van der Waals surface area contributed by atoms with Crippen molar-refractivity contribution in [2.45, 2.75) is 37.6 Å². The maximum atomic E-state index is 12.5. The number of hydrogen-bond donors (Lipinski definition) is 3. The number of carbonyl (C=O) groups excluding carboxylic acids is 1. The van der Waals surface area contributed by atoms with E-state index >= 15 is 0 Å². The molecule has 0 saturated carbocycles. The zero-order valence-corrected chi connectivity index (χ0v) is 13.3. The van der Waals surface area contributed by atoms with Gasteiger partial charge >= 0.3 is 0 Å². The van der Waals surface area contributed by atoms with Crippen molar-refractivity contribution in [1.82, 2.24) is 10.0 Å². The first-order valence-corrected chi connectivity index (χ1v) is 8.40. The Hall–Kier alpha value is -1.60. The van der Waals surface area contributed by atoms with E-state index in [0.717, 1.165) is 5.69 Å². The maximum Gasteiger partial charge on any atom is 0.241 e. The molecule has 1 unspecified atom stereocenters. The van der Waals surface area contributed by atoms with Crippen LogP contribution >= 0.6 is 0 Å². The molecule has 1 heterocycles. The molecule has 1 aromatic carbocycles. The molecule has 1 aliphatic rings. The number of aryl methyl sites for hydroxylation is 2. The Morgan fingerprint density at radius 1 is 1.29 bits per heavy atom. The molecule has 1 aliphatic heterocycles.